The number of esters is 1. The van der Waals surface area contributed by atoms with Gasteiger partial charge in [-0.3, -0.25) is 4.79 Å². The van der Waals surface area contributed by atoms with Crippen LogP contribution in [0.2, 0.25) is 0 Å². The molecule has 0 aliphatic heterocycles. The van der Waals surface area contributed by atoms with E-state index in [-0.39, 0.29) is 11.5 Å². The molecule has 144 valence electrons. The van der Waals surface area contributed by atoms with Gasteiger partial charge in [-0.2, -0.15) is 0 Å². The lowest BCUT2D eigenvalue weighted by molar-refractivity contribution is -0.145. The molecule has 0 radical (unpaired) electrons. The predicted molar refractivity (Wildman–Crippen MR) is 104 cm³/mol. The molecular weight excluding hydrogens is 322 g/mol. The molecule has 1 N–H and O–H groups in total. The van der Waals surface area contributed by atoms with Crippen LogP contribution in [0.5, 0.6) is 0 Å². The summed E-state index contributed by atoms with van der Waals surface area (Å²) < 4.78 is 5.22. The highest BCUT2D eigenvalue weighted by Gasteiger charge is 2.18. The summed E-state index contributed by atoms with van der Waals surface area (Å²) in [6.45, 7) is 6.38. The summed E-state index contributed by atoms with van der Waals surface area (Å²) in [5.74, 6) is -0.113. The van der Waals surface area contributed by atoms with E-state index in [1.54, 1.807) is 0 Å². The molecule has 0 aliphatic rings. The lowest BCUT2D eigenvalue weighted by atomic mass is 10.0. The summed E-state index contributed by atoms with van der Waals surface area (Å²) in [4.78, 5) is 14.2. The van der Waals surface area contributed by atoms with Crippen molar-refractivity contribution in [1.82, 2.24) is 4.84 Å². The van der Waals surface area contributed by atoms with Crippen LogP contribution >= 0.6 is 11.8 Å². The minimum Gasteiger partial charge on any atom is -0.464 e. The Bertz CT molecular complexity index is 295. The van der Waals surface area contributed by atoms with Crippen molar-refractivity contribution < 1.29 is 9.53 Å². The molecule has 0 spiro atoms. The number of carbonyl (C=O) groups excluding carboxylic acids is 1. The van der Waals surface area contributed by atoms with E-state index in [2.05, 4.69) is 11.8 Å². The highest BCUT2D eigenvalue weighted by atomic mass is 35.5. The maximum Gasteiger partial charge on any atom is 0.305 e. The Kier molecular flexibility index (Phi) is 16.0. The highest BCUT2D eigenvalue weighted by Crippen LogP contribution is 2.13. The number of hydrogen-bond donors (Lipinski definition) is 1. The first kappa shape index (κ1) is 23.7. The van der Waals surface area contributed by atoms with Gasteiger partial charge in [-0.15, -0.1) is 0 Å². The maximum atomic E-state index is 11.6. The molecule has 0 fully saturated rings. The third-order valence-corrected chi connectivity index (χ3v) is 4.85. The molecule has 24 heavy (non-hydrogen) atoms. The second kappa shape index (κ2) is 16.2. The van der Waals surface area contributed by atoms with Crippen LogP contribution in [0.25, 0.3) is 0 Å². The molecule has 0 aromatic carbocycles. The fourth-order valence-electron chi connectivity index (χ4n) is 2.65. The molecule has 0 atom stereocenters. The van der Waals surface area contributed by atoms with Crippen LogP contribution in [0.1, 0.15) is 111 Å². The van der Waals surface area contributed by atoms with Gasteiger partial charge in [0.15, 0.2) is 0 Å². The third-order valence-electron chi connectivity index (χ3n) is 4.33. The third kappa shape index (κ3) is 16.6. The molecule has 0 aromatic rings. The Balaban J connectivity index is 3.23. The van der Waals surface area contributed by atoms with E-state index in [0.29, 0.717) is 13.0 Å². The zero-order chi connectivity index (χ0) is 18.1. The van der Waals surface area contributed by atoms with E-state index in [0.717, 1.165) is 12.8 Å². The van der Waals surface area contributed by atoms with Crippen molar-refractivity contribution in [1.29, 1.82) is 0 Å². The van der Waals surface area contributed by atoms with Crippen LogP contribution in [-0.2, 0) is 9.53 Å². The van der Waals surface area contributed by atoms with Gasteiger partial charge in [0.25, 0.3) is 0 Å². The SMILES string of the molecule is CCCCCCCCCCCCCCCC(=O)OCC(C)(C)NCl. The minimum absolute atomic E-state index is 0.113. The fraction of sp³-hybridized carbons (Fsp3) is 0.950. The van der Waals surface area contributed by atoms with Gasteiger partial charge in [0.1, 0.15) is 6.61 Å². The van der Waals surface area contributed by atoms with Gasteiger partial charge in [0, 0.05) is 6.42 Å². The zero-order valence-electron chi connectivity index (χ0n) is 16.3. The number of halogens is 1. The Hall–Kier alpha value is -0.280. The van der Waals surface area contributed by atoms with E-state index in [1.807, 2.05) is 13.8 Å². The van der Waals surface area contributed by atoms with E-state index in [1.165, 1.54) is 70.6 Å². The molecule has 0 saturated carbocycles. The number of nitrogens with one attached hydrogen (secondary N) is 1. The van der Waals surface area contributed by atoms with Crippen LogP contribution in [-0.4, -0.2) is 18.1 Å². The quantitative estimate of drug-likeness (QED) is 0.182. The first-order valence-corrected chi connectivity index (χ1v) is 10.4. The van der Waals surface area contributed by atoms with E-state index < -0.39 is 0 Å². The van der Waals surface area contributed by atoms with Crippen LogP contribution in [0, 0.1) is 0 Å². The molecule has 0 rings (SSSR count). The normalized spacial score (nSPS) is 11.7. The molecule has 3 nitrogen and oxygen atoms in total. The van der Waals surface area contributed by atoms with Gasteiger partial charge in [0.2, 0.25) is 0 Å². The summed E-state index contributed by atoms with van der Waals surface area (Å²) in [6.07, 6.45) is 17.6. The minimum atomic E-state index is -0.368. The fourth-order valence-corrected chi connectivity index (χ4v) is 2.70. The largest absolute Gasteiger partial charge is 0.464 e. The van der Waals surface area contributed by atoms with Gasteiger partial charge >= 0.3 is 5.97 Å². The van der Waals surface area contributed by atoms with Gasteiger partial charge in [0.05, 0.1) is 5.54 Å². The van der Waals surface area contributed by atoms with Crippen molar-refractivity contribution in [2.75, 3.05) is 6.61 Å². The zero-order valence-corrected chi connectivity index (χ0v) is 17.1. The Morgan fingerprint density at radius 3 is 1.67 bits per heavy atom. The number of carbonyl (C=O) groups is 1. The molecule has 0 aliphatic carbocycles. The smallest absolute Gasteiger partial charge is 0.305 e. The molecular formula is C20H40ClNO2. The van der Waals surface area contributed by atoms with Crippen molar-refractivity contribution in [3.05, 3.63) is 0 Å². The standard InChI is InChI=1S/C20H40ClNO2/c1-4-5-6-7-8-9-10-11-12-13-14-15-16-17-19(23)24-18-20(2,3)22-21/h22H,4-18H2,1-3H3. The summed E-state index contributed by atoms with van der Waals surface area (Å²) >= 11 is 5.57. The second-order valence-electron chi connectivity index (χ2n) is 7.63. The Morgan fingerprint density at radius 1 is 0.833 bits per heavy atom. The molecule has 0 aromatic heterocycles. The molecule has 0 unspecified atom stereocenters. The molecule has 0 heterocycles. The second-order valence-corrected chi connectivity index (χ2v) is 7.82. The van der Waals surface area contributed by atoms with Gasteiger partial charge in [-0.1, -0.05) is 84.0 Å². The summed E-state index contributed by atoms with van der Waals surface area (Å²) in [6, 6.07) is 0. The highest BCUT2D eigenvalue weighted by molar-refractivity contribution is 6.13. The number of rotatable bonds is 17. The summed E-state index contributed by atoms with van der Waals surface area (Å²) in [5.41, 5.74) is -0.368. The predicted octanol–water partition coefficient (Wildman–Crippen LogP) is 6.53. The Labute approximate surface area is 155 Å². The monoisotopic (exact) mass is 361 g/mol. The number of hydrogen-bond acceptors (Lipinski definition) is 3. The van der Waals surface area contributed by atoms with Crippen LogP contribution in [0.15, 0.2) is 0 Å². The molecule has 0 bridgehead atoms. The van der Waals surface area contributed by atoms with Gasteiger partial charge in [-0.25, -0.2) is 4.84 Å². The summed E-state index contributed by atoms with van der Waals surface area (Å²) in [7, 11) is 0. The average molecular weight is 362 g/mol. The molecule has 4 heteroatoms. The number of unbranched alkanes of at least 4 members (excludes halogenated alkanes) is 12. The average Bonchev–Trinajstić information content (AvgIpc) is 2.57. The molecule has 0 saturated heterocycles. The van der Waals surface area contributed by atoms with Crippen molar-refractivity contribution in [3.63, 3.8) is 0 Å². The summed E-state index contributed by atoms with van der Waals surface area (Å²) in [5, 5.41) is 0. The van der Waals surface area contributed by atoms with E-state index in [9.17, 15) is 4.79 Å². The maximum absolute atomic E-state index is 11.6. The van der Waals surface area contributed by atoms with Gasteiger partial charge < -0.3 is 4.74 Å². The van der Waals surface area contributed by atoms with E-state index >= 15 is 0 Å². The number of ether oxygens (including phenoxy) is 1. The van der Waals surface area contributed by atoms with E-state index in [4.69, 9.17) is 16.5 Å². The topological polar surface area (TPSA) is 38.3 Å². The first-order valence-electron chi connectivity index (χ1n) is 10.1. The van der Waals surface area contributed by atoms with Crippen molar-refractivity contribution >= 4 is 17.7 Å². The lowest BCUT2D eigenvalue weighted by Crippen LogP contribution is -2.38. The first-order chi connectivity index (χ1) is 11.5. The van der Waals surface area contributed by atoms with Crippen molar-refractivity contribution in [3.8, 4) is 0 Å². The van der Waals surface area contributed by atoms with Crippen LogP contribution < -0.4 is 4.84 Å². The van der Waals surface area contributed by atoms with Crippen molar-refractivity contribution in [2.45, 2.75) is 116 Å². The van der Waals surface area contributed by atoms with Crippen LogP contribution in [0.3, 0.4) is 0 Å². The van der Waals surface area contributed by atoms with Crippen molar-refractivity contribution in [2.24, 2.45) is 0 Å². The van der Waals surface area contributed by atoms with Crippen LogP contribution in [0.4, 0.5) is 0 Å². The van der Waals surface area contributed by atoms with Gasteiger partial charge in [-0.05, 0) is 32.0 Å². The lowest BCUT2D eigenvalue weighted by Gasteiger charge is -2.21. The Morgan fingerprint density at radius 2 is 1.25 bits per heavy atom. The molecule has 0 amide bonds.